The summed E-state index contributed by atoms with van der Waals surface area (Å²) in [6.07, 6.45) is 3.90. The average molecular weight is 207 g/mol. The van der Waals surface area contributed by atoms with Gasteiger partial charge >= 0.3 is 0 Å². The number of carbonyl (C=O) groups excluding carboxylic acids is 1. The number of carbonyl (C=O) groups is 1. The zero-order valence-electron chi connectivity index (χ0n) is 8.69. The molecule has 0 atom stereocenters. The number of amides is 1. The van der Waals surface area contributed by atoms with E-state index in [0.29, 0.717) is 17.9 Å². The molecular formula is C11H13NO3. The maximum Gasteiger partial charge on any atom is 0.211 e. The first-order valence-corrected chi connectivity index (χ1v) is 4.39. The smallest absolute Gasteiger partial charge is 0.211 e. The van der Waals surface area contributed by atoms with Gasteiger partial charge < -0.3 is 14.8 Å². The second-order valence-electron chi connectivity index (χ2n) is 2.76. The number of rotatable bonds is 5. The summed E-state index contributed by atoms with van der Waals surface area (Å²) in [7, 11) is 3.18. The quantitative estimate of drug-likeness (QED) is 0.743. The minimum atomic E-state index is 0.605. The molecule has 0 aliphatic rings. The molecule has 1 rings (SSSR count). The highest BCUT2D eigenvalue weighted by Crippen LogP contribution is 2.22. The molecule has 80 valence electrons. The predicted octanol–water partition coefficient (Wildman–Crippen LogP) is 1.42. The Kier molecular flexibility index (Phi) is 4.22. The molecule has 0 heterocycles. The molecule has 1 amide bonds. The molecule has 4 nitrogen and oxygen atoms in total. The fraction of sp³-hybridized carbons (Fsp3) is 0.182. The van der Waals surface area contributed by atoms with E-state index in [-0.39, 0.29) is 0 Å². The molecular weight excluding hydrogens is 194 g/mol. The summed E-state index contributed by atoms with van der Waals surface area (Å²) in [6, 6.07) is 5.46. The zero-order valence-corrected chi connectivity index (χ0v) is 8.69. The average Bonchev–Trinajstić information content (AvgIpc) is 2.29. The van der Waals surface area contributed by atoms with Crippen molar-refractivity contribution in [1.29, 1.82) is 0 Å². The lowest BCUT2D eigenvalue weighted by molar-refractivity contribution is -0.108. The Labute approximate surface area is 88.5 Å². The van der Waals surface area contributed by atoms with E-state index in [1.54, 1.807) is 32.6 Å². The molecule has 1 aromatic rings. The van der Waals surface area contributed by atoms with Gasteiger partial charge in [0.15, 0.2) is 0 Å². The van der Waals surface area contributed by atoms with Gasteiger partial charge in [-0.1, -0.05) is 0 Å². The summed E-state index contributed by atoms with van der Waals surface area (Å²) in [6.45, 7) is 0. The summed E-state index contributed by atoms with van der Waals surface area (Å²) in [5, 5.41) is 2.43. The van der Waals surface area contributed by atoms with E-state index >= 15 is 0 Å². The number of benzene rings is 1. The topological polar surface area (TPSA) is 47.6 Å². The molecule has 1 N–H and O–H groups in total. The third-order valence-electron chi connectivity index (χ3n) is 1.81. The van der Waals surface area contributed by atoms with Crippen LogP contribution in [0.4, 0.5) is 0 Å². The highest BCUT2D eigenvalue weighted by Gasteiger charge is 1.98. The van der Waals surface area contributed by atoms with E-state index in [4.69, 9.17) is 9.47 Å². The lowest BCUT2D eigenvalue weighted by Crippen LogP contribution is -1.98. The van der Waals surface area contributed by atoms with Gasteiger partial charge in [0.1, 0.15) is 11.5 Å². The van der Waals surface area contributed by atoms with Crippen LogP contribution in [0.2, 0.25) is 0 Å². The maximum atomic E-state index is 10.0. The number of ether oxygens (including phenoxy) is 2. The van der Waals surface area contributed by atoms with Crippen molar-refractivity contribution < 1.29 is 14.3 Å². The molecule has 1 aromatic carbocycles. The van der Waals surface area contributed by atoms with Crippen molar-refractivity contribution in [2.24, 2.45) is 0 Å². The Hall–Kier alpha value is -1.97. The van der Waals surface area contributed by atoms with Crippen LogP contribution in [0.1, 0.15) is 5.56 Å². The normalized spacial score (nSPS) is 10.0. The van der Waals surface area contributed by atoms with Gasteiger partial charge in [0, 0.05) is 12.3 Å². The van der Waals surface area contributed by atoms with Gasteiger partial charge in [-0.05, 0) is 23.8 Å². The van der Waals surface area contributed by atoms with E-state index < -0.39 is 0 Å². The molecule has 0 aliphatic heterocycles. The molecule has 0 bridgehead atoms. The molecule has 0 saturated carbocycles. The third kappa shape index (κ3) is 3.34. The number of methoxy groups -OCH3 is 2. The van der Waals surface area contributed by atoms with Gasteiger partial charge in [0.2, 0.25) is 6.41 Å². The SMILES string of the molecule is COc1cc(C=CNC=O)cc(OC)c1. The fourth-order valence-electron chi connectivity index (χ4n) is 1.11. The van der Waals surface area contributed by atoms with Crippen LogP contribution in [0, 0.1) is 0 Å². The molecule has 0 unspecified atom stereocenters. The lowest BCUT2D eigenvalue weighted by Gasteiger charge is -2.05. The zero-order chi connectivity index (χ0) is 11.1. The Morgan fingerprint density at radius 2 is 1.73 bits per heavy atom. The Balaban J connectivity index is 2.91. The van der Waals surface area contributed by atoms with E-state index in [1.807, 2.05) is 12.1 Å². The van der Waals surface area contributed by atoms with Crippen LogP contribution in [0.5, 0.6) is 11.5 Å². The van der Waals surface area contributed by atoms with Gasteiger partial charge in [-0.2, -0.15) is 0 Å². The highest BCUT2D eigenvalue weighted by atomic mass is 16.5. The largest absolute Gasteiger partial charge is 0.497 e. The number of hydrogen-bond donors (Lipinski definition) is 1. The fourth-order valence-corrected chi connectivity index (χ4v) is 1.11. The Morgan fingerprint density at radius 3 is 2.20 bits per heavy atom. The van der Waals surface area contributed by atoms with Gasteiger partial charge in [-0.15, -0.1) is 0 Å². The van der Waals surface area contributed by atoms with Crippen molar-refractivity contribution in [2.45, 2.75) is 0 Å². The van der Waals surface area contributed by atoms with Crippen molar-refractivity contribution in [3.8, 4) is 11.5 Å². The van der Waals surface area contributed by atoms with E-state index in [0.717, 1.165) is 5.56 Å². The summed E-state index contributed by atoms with van der Waals surface area (Å²) < 4.78 is 10.2. The van der Waals surface area contributed by atoms with Gasteiger partial charge in [-0.3, -0.25) is 4.79 Å². The van der Waals surface area contributed by atoms with Gasteiger partial charge in [0.05, 0.1) is 14.2 Å². The Morgan fingerprint density at radius 1 is 1.13 bits per heavy atom. The van der Waals surface area contributed by atoms with Crippen LogP contribution in [0.25, 0.3) is 6.08 Å². The molecule has 0 saturated heterocycles. The molecule has 15 heavy (non-hydrogen) atoms. The summed E-state index contributed by atoms with van der Waals surface area (Å²) >= 11 is 0. The molecule has 0 radical (unpaired) electrons. The van der Waals surface area contributed by atoms with Crippen LogP contribution in [0.3, 0.4) is 0 Å². The standard InChI is InChI=1S/C11H13NO3/c1-14-10-5-9(3-4-12-8-13)6-11(7-10)15-2/h3-8H,1-2H3,(H,12,13). The first-order valence-electron chi connectivity index (χ1n) is 4.39. The summed E-state index contributed by atoms with van der Waals surface area (Å²) in [5.74, 6) is 1.42. The molecule has 0 spiro atoms. The summed E-state index contributed by atoms with van der Waals surface area (Å²) in [5.41, 5.74) is 0.889. The lowest BCUT2D eigenvalue weighted by atomic mass is 10.2. The van der Waals surface area contributed by atoms with Crippen LogP contribution in [-0.2, 0) is 4.79 Å². The van der Waals surface area contributed by atoms with Crippen LogP contribution < -0.4 is 14.8 Å². The Bertz CT molecular complexity index is 339. The molecule has 0 fully saturated rings. The summed E-state index contributed by atoms with van der Waals surface area (Å²) in [4.78, 5) is 10.0. The predicted molar refractivity (Wildman–Crippen MR) is 57.8 cm³/mol. The monoisotopic (exact) mass is 207 g/mol. The molecule has 0 aromatic heterocycles. The minimum absolute atomic E-state index is 0.605. The van der Waals surface area contributed by atoms with E-state index in [9.17, 15) is 4.79 Å². The van der Waals surface area contributed by atoms with Crippen molar-refractivity contribution in [2.75, 3.05) is 14.2 Å². The van der Waals surface area contributed by atoms with Crippen molar-refractivity contribution in [3.63, 3.8) is 0 Å². The van der Waals surface area contributed by atoms with Crippen molar-refractivity contribution in [1.82, 2.24) is 5.32 Å². The third-order valence-corrected chi connectivity index (χ3v) is 1.81. The first kappa shape index (κ1) is 11.1. The van der Waals surface area contributed by atoms with E-state index in [2.05, 4.69) is 5.32 Å². The van der Waals surface area contributed by atoms with Crippen LogP contribution in [-0.4, -0.2) is 20.6 Å². The second kappa shape index (κ2) is 5.70. The first-order chi connectivity index (χ1) is 7.30. The highest BCUT2D eigenvalue weighted by molar-refractivity contribution is 5.58. The van der Waals surface area contributed by atoms with E-state index in [1.165, 1.54) is 0 Å². The van der Waals surface area contributed by atoms with Crippen LogP contribution >= 0.6 is 0 Å². The van der Waals surface area contributed by atoms with Crippen LogP contribution in [0.15, 0.2) is 24.4 Å². The number of nitrogens with one attached hydrogen (secondary N) is 1. The maximum absolute atomic E-state index is 10.0. The molecule has 0 aliphatic carbocycles. The number of hydrogen-bond acceptors (Lipinski definition) is 3. The minimum Gasteiger partial charge on any atom is -0.497 e. The molecule has 4 heteroatoms. The second-order valence-corrected chi connectivity index (χ2v) is 2.76. The van der Waals surface area contributed by atoms with Gasteiger partial charge in [-0.25, -0.2) is 0 Å². The van der Waals surface area contributed by atoms with Gasteiger partial charge in [0.25, 0.3) is 0 Å². The van der Waals surface area contributed by atoms with Crippen molar-refractivity contribution in [3.05, 3.63) is 30.0 Å². The van der Waals surface area contributed by atoms with Crippen molar-refractivity contribution >= 4 is 12.5 Å².